The summed E-state index contributed by atoms with van der Waals surface area (Å²) in [5.74, 6) is 0.426. The molecule has 0 radical (unpaired) electrons. The summed E-state index contributed by atoms with van der Waals surface area (Å²) in [6, 6.07) is 1.78. The van der Waals surface area contributed by atoms with Gasteiger partial charge in [0.05, 0.1) is 7.11 Å². The van der Waals surface area contributed by atoms with Gasteiger partial charge in [-0.2, -0.15) is 4.99 Å². The highest BCUT2D eigenvalue weighted by Crippen LogP contribution is 2.01. The number of guanidine groups is 1. The first-order valence-electron chi connectivity index (χ1n) is 3.65. The molecule has 0 aliphatic carbocycles. The number of aromatic nitrogens is 2. The predicted molar refractivity (Wildman–Crippen MR) is 48.2 cm³/mol. The zero-order chi connectivity index (χ0) is 9.68. The van der Waals surface area contributed by atoms with Crippen LogP contribution in [-0.4, -0.2) is 23.0 Å². The maximum atomic E-state index is 5.40. The normalized spacial score (nSPS) is 11.4. The van der Waals surface area contributed by atoms with Gasteiger partial charge < -0.3 is 5.73 Å². The van der Waals surface area contributed by atoms with Crippen molar-refractivity contribution in [3.8, 4) is 0 Å². The van der Waals surface area contributed by atoms with Crippen LogP contribution >= 0.6 is 0 Å². The van der Waals surface area contributed by atoms with Crippen LogP contribution in [0.15, 0.2) is 17.3 Å². The number of aryl methyl sites for hydroxylation is 1. The third-order valence-electron chi connectivity index (χ3n) is 1.21. The van der Waals surface area contributed by atoms with E-state index in [0.29, 0.717) is 5.95 Å². The summed E-state index contributed by atoms with van der Waals surface area (Å²) < 4.78 is 0. The van der Waals surface area contributed by atoms with Crippen molar-refractivity contribution in [1.29, 1.82) is 0 Å². The van der Waals surface area contributed by atoms with Crippen molar-refractivity contribution < 1.29 is 4.84 Å². The molecule has 0 bridgehead atoms. The summed E-state index contributed by atoms with van der Waals surface area (Å²) in [7, 11) is 1.44. The molecule has 0 spiro atoms. The highest BCUT2D eigenvalue weighted by molar-refractivity contribution is 5.78. The van der Waals surface area contributed by atoms with E-state index in [1.165, 1.54) is 7.11 Å². The van der Waals surface area contributed by atoms with Crippen LogP contribution in [0.4, 0.5) is 5.95 Å². The second kappa shape index (κ2) is 4.36. The van der Waals surface area contributed by atoms with Crippen LogP contribution < -0.4 is 11.2 Å². The van der Waals surface area contributed by atoms with Gasteiger partial charge in [-0.05, 0) is 13.0 Å². The molecule has 70 valence electrons. The van der Waals surface area contributed by atoms with Gasteiger partial charge in [0.25, 0.3) is 5.95 Å². The van der Waals surface area contributed by atoms with Crippen molar-refractivity contribution in [2.24, 2.45) is 10.7 Å². The number of nitrogens with zero attached hydrogens (tertiary/aromatic N) is 3. The lowest BCUT2D eigenvalue weighted by Gasteiger charge is -2.00. The summed E-state index contributed by atoms with van der Waals surface area (Å²) in [5, 5.41) is 0. The van der Waals surface area contributed by atoms with Gasteiger partial charge in [-0.25, -0.2) is 15.4 Å². The number of hydrogen-bond acceptors (Lipinski definition) is 4. The van der Waals surface area contributed by atoms with E-state index in [-0.39, 0.29) is 5.96 Å². The van der Waals surface area contributed by atoms with E-state index in [9.17, 15) is 0 Å². The van der Waals surface area contributed by atoms with Crippen LogP contribution in [0, 0.1) is 6.92 Å². The molecule has 0 atom stereocenters. The lowest BCUT2D eigenvalue weighted by molar-refractivity contribution is 0.143. The summed E-state index contributed by atoms with van der Waals surface area (Å²) >= 11 is 0. The van der Waals surface area contributed by atoms with Gasteiger partial charge >= 0.3 is 0 Å². The molecule has 1 aromatic rings. The van der Waals surface area contributed by atoms with Crippen molar-refractivity contribution in [1.82, 2.24) is 15.4 Å². The maximum absolute atomic E-state index is 5.40. The molecule has 0 aliphatic heterocycles. The fourth-order valence-electron chi connectivity index (χ4n) is 0.725. The minimum atomic E-state index is 0.119. The molecule has 1 rings (SSSR count). The predicted octanol–water partition coefficient (Wildman–Crippen LogP) is -0.118. The second-order valence-electron chi connectivity index (χ2n) is 2.30. The second-order valence-corrected chi connectivity index (χ2v) is 2.30. The first-order valence-corrected chi connectivity index (χ1v) is 3.65. The van der Waals surface area contributed by atoms with E-state index in [1.807, 2.05) is 6.92 Å². The van der Waals surface area contributed by atoms with Crippen molar-refractivity contribution in [2.75, 3.05) is 7.11 Å². The third-order valence-corrected chi connectivity index (χ3v) is 1.21. The Morgan fingerprint density at radius 2 is 2.46 bits per heavy atom. The Balaban J connectivity index is 2.78. The largest absolute Gasteiger partial charge is 0.368 e. The molecule has 0 fully saturated rings. The molecule has 0 aromatic carbocycles. The molecule has 6 nitrogen and oxygen atoms in total. The van der Waals surface area contributed by atoms with E-state index in [1.54, 1.807) is 12.3 Å². The van der Waals surface area contributed by atoms with Crippen LogP contribution in [0.2, 0.25) is 0 Å². The molecular formula is C7H11N5O. The van der Waals surface area contributed by atoms with Gasteiger partial charge in [0.1, 0.15) is 0 Å². The lowest BCUT2D eigenvalue weighted by Crippen LogP contribution is -2.30. The minimum Gasteiger partial charge on any atom is -0.368 e. The standard InChI is InChI=1S/C7H11N5O/c1-5-3-4-9-7(10-5)11-6(8)12-13-2/h3-4H,1-2H3,(H3,8,9,10,11,12). The van der Waals surface area contributed by atoms with Crippen LogP contribution in [0.5, 0.6) is 0 Å². The van der Waals surface area contributed by atoms with Crippen molar-refractivity contribution >= 4 is 11.9 Å². The summed E-state index contributed by atoms with van der Waals surface area (Å²) in [6.45, 7) is 1.85. The minimum absolute atomic E-state index is 0.119. The van der Waals surface area contributed by atoms with Gasteiger partial charge in [-0.1, -0.05) is 0 Å². The fourth-order valence-corrected chi connectivity index (χ4v) is 0.725. The van der Waals surface area contributed by atoms with Gasteiger partial charge in [-0.15, -0.1) is 0 Å². The monoisotopic (exact) mass is 181 g/mol. The van der Waals surface area contributed by atoms with E-state index in [4.69, 9.17) is 5.73 Å². The van der Waals surface area contributed by atoms with E-state index in [0.717, 1.165) is 5.69 Å². The van der Waals surface area contributed by atoms with Crippen molar-refractivity contribution in [2.45, 2.75) is 6.92 Å². The SMILES string of the molecule is CON/C(N)=N/c1nccc(C)n1. The molecule has 0 unspecified atom stereocenters. The van der Waals surface area contributed by atoms with Crippen LogP contribution in [0.25, 0.3) is 0 Å². The quantitative estimate of drug-likeness (QED) is 0.377. The Morgan fingerprint density at radius 1 is 1.69 bits per heavy atom. The fraction of sp³-hybridized carbons (Fsp3) is 0.286. The van der Waals surface area contributed by atoms with Gasteiger partial charge in [0, 0.05) is 11.9 Å². The molecule has 1 aromatic heterocycles. The van der Waals surface area contributed by atoms with Gasteiger partial charge in [0.2, 0.25) is 5.96 Å². The first kappa shape index (κ1) is 9.40. The van der Waals surface area contributed by atoms with E-state index in [2.05, 4.69) is 25.3 Å². The Hall–Kier alpha value is -1.69. The maximum Gasteiger partial charge on any atom is 0.252 e. The van der Waals surface area contributed by atoms with Gasteiger partial charge in [0.15, 0.2) is 0 Å². The smallest absolute Gasteiger partial charge is 0.252 e. The molecule has 13 heavy (non-hydrogen) atoms. The van der Waals surface area contributed by atoms with Crippen molar-refractivity contribution in [3.05, 3.63) is 18.0 Å². The molecule has 3 N–H and O–H groups in total. The highest BCUT2D eigenvalue weighted by atomic mass is 16.6. The molecule has 0 saturated carbocycles. The van der Waals surface area contributed by atoms with E-state index < -0.39 is 0 Å². The zero-order valence-electron chi connectivity index (χ0n) is 7.48. The number of hydrogen-bond donors (Lipinski definition) is 2. The molecule has 0 saturated heterocycles. The van der Waals surface area contributed by atoms with Crippen LogP contribution in [-0.2, 0) is 4.84 Å². The topological polar surface area (TPSA) is 85.4 Å². The molecule has 0 amide bonds. The molecule has 6 heteroatoms. The average molecular weight is 181 g/mol. The molecular weight excluding hydrogens is 170 g/mol. The lowest BCUT2D eigenvalue weighted by atomic mass is 10.5. The number of rotatable bonds is 2. The van der Waals surface area contributed by atoms with Crippen LogP contribution in [0.3, 0.4) is 0 Å². The molecule has 0 aliphatic rings. The number of nitrogens with one attached hydrogen (secondary N) is 1. The Kier molecular flexibility index (Phi) is 3.15. The summed E-state index contributed by atoms with van der Waals surface area (Å²) in [6.07, 6.45) is 1.61. The number of nitrogens with two attached hydrogens (primary N) is 1. The van der Waals surface area contributed by atoms with Crippen molar-refractivity contribution in [3.63, 3.8) is 0 Å². The zero-order valence-corrected chi connectivity index (χ0v) is 7.48. The Morgan fingerprint density at radius 3 is 3.08 bits per heavy atom. The van der Waals surface area contributed by atoms with Gasteiger partial charge in [-0.3, -0.25) is 4.84 Å². The summed E-state index contributed by atoms with van der Waals surface area (Å²) in [4.78, 5) is 16.3. The Bertz CT molecular complexity index is 312. The number of aliphatic imine (C=N–C) groups is 1. The summed E-state index contributed by atoms with van der Waals surface area (Å²) in [5.41, 5.74) is 8.59. The van der Waals surface area contributed by atoms with E-state index >= 15 is 0 Å². The average Bonchev–Trinajstić information content (AvgIpc) is 2.04. The molecule has 1 heterocycles. The Labute approximate surface area is 75.8 Å². The number of hydroxylamine groups is 1. The highest BCUT2D eigenvalue weighted by Gasteiger charge is 1.94. The van der Waals surface area contributed by atoms with Crippen LogP contribution in [0.1, 0.15) is 5.69 Å². The third kappa shape index (κ3) is 3.04. The first-order chi connectivity index (χ1) is 6.22.